The molecule has 0 radical (unpaired) electrons. The van der Waals surface area contributed by atoms with Crippen molar-refractivity contribution in [3.05, 3.63) is 58.1 Å². The Morgan fingerprint density at radius 2 is 2.14 bits per heavy atom. The van der Waals surface area contributed by atoms with E-state index in [0.29, 0.717) is 5.92 Å². The summed E-state index contributed by atoms with van der Waals surface area (Å²) in [5, 5.41) is 3.22. The highest BCUT2D eigenvalue weighted by atomic mass is 32.1. The van der Waals surface area contributed by atoms with Crippen LogP contribution in [-0.2, 0) is 0 Å². The Hall–Kier alpha value is -1.41. The molecule has 1 aliphatic carbocycles. The van der Waals surface area contributed by atoms with Crippen molar-refractivity contribution in [2.45, 2.75) is 5.92 Å². The van der Waals surface area contributed by atoms with Gasteiger partial charge in [0, 0.05) is 11.6 Å². The minimum Gasteiger partial charge on any atom is -0.249 e. The number of hydrogen-bond donors (Lipinski definition) is 0. The summed E-state index contributed by atoms with van der Waals surface area (Å²) >= 11 is 1.72. The maximum Gasteiger partial charge on any atom is 0.104 e. The van der Waals surface area contributed by atoms with Crippen molar-refractivity contribution >= 4 is 17.4 Å². The van der Waals surface area contributed by atoms with Crippen molar-refractivity contribution < 1.29 is 0 Å². The maximum atomic E-state index is 4.36. The fraction of sp³-hybridized carbons (Fsp3) is 0.0833. The molecule has 2 heteroatoms. The van der Waals surface area contributed by atoms with Crippen molar-refractivity contribution in [2.24, 2.45) is 0 Å². The molecule has 1 nitrogen and oxygen atoms in total. The standard InChI is InChI=1S/C12H9NS/c1-2-4-10-9(3-1)5-6-11(10)12-13-7-8-14-12/h1-8,11H. The minimum absolute atomic E-state index is 0.381. The molecule has 0 saturated carbocycles. The van der Waals surface area contributed by atoms with Crippen LogP contribution in [0.4, 0.5) is 0 Å². The third kappa shape index (κ3) is 1.11. The second-order valence-corrected chi connectivity index (χ2v) is 4.26. The number of benzene rings is 1. The van der Waals surface area contributed by atoms with Crippen LogP contribution in [-0.4, -0.2) is 4.98 Å². The molecule has 0 fully saturated rings. The number of aromatic nitrogens is 1. The van der Waals surface area contributed by atoms with Crippen molar-refractivity contribution in [3.63, 3.8) is 0 Å². The summed E-state index contributed by atoms with van der Waals surface area (Å²) in [5.74, 6) is 0.381. The van der Waals surface area contributed by atoms with Gasteiger partial charge in [0.05, 0.1) is 5.92 Å². The molecule has 0 spiro atoms. The summed E-state index contributed by atoms with van der Waals surface area (Å²) in [6, 6.07) is 8.50. The molecule has 1 unspecified atom stereocenters. The van der Waals surface area contributed by atoms with E-state index < -0.39 is 0 Å². The van der Waals surface area contributed by atoms with E-state index in [1.165, 1.54) is 16.1 Å². The summed E-state index contributed by atoms with van der Waals surface area (Å²) in [4.78, 5) is 4.36. The molecule has 2 aromatic rings. The molecular weight excluding hydrogens is 190 g/mol. The van der Waals surface area contributed by atoms with Crippen LogP contribution in [0.25, 0.3) is 6.08 Å². The molecule has 0 amide bonds. The molecule has 0 aliphatic heterocycles. The summed E-state index contributed by atoms with van der Waals surface area (Å²) in [6.07, 6.45) is 6.28. The highest BCUT2D eigenvalue weighted by Crippen LogP contribution is 2.35. The lowest BCUT2D eigenvalue weighted by molar-refractivity contribution is 1.02. The Bertz CT molecular complexity index is 471. The third-order valence-electron chi connectivity index (χ3n) is 2.52. The second-order valence-electron chi connectivity index (χ2n) is 3.34. The van der Waals surface area contributed by atoms with Gasteiger partial charge >= 0.3 is 0 Å². The zero-order valence-corrected chi connectivity index (χ0v) is 8.37. The summed E-state index contributed by atoms with van der Waals surface area (Å²) < 4.78 is 0. The van der Waals surface area contributed by atoms with E-state index in [9.17, 15) is 0 Å². The Labute approximate surface area is 86.7 Å². The van der Waals surface area contributed by atoms with Gasteiger partial charge in [-0.25, -0.2) is 4.98 Å². The predicted octanol–water partition coefficient (Wildman–Crippen LogP) is 3.30. The molecule has 1 aromatic carbocycles. The van der Waals surface area contributed by atoms with Crippen LogP contribution in [0.5, 0.6) is 0 Å². The average Bonchev–Trinajstić information content (AvgIpc) is 2.85. The largest absolute Gasteiger partial charge is 0.249 e. The van der Waals surface area contributed by atoms with E-state index in [1.807, 2.05) is 11.6 Å². The van der Waals surface area contributed by atoms with E-state index in [4.69, 9.17) is 0 Å². The molecule has 0 bridgehead atoms. The van der Waals surface area contributed by atoms with Gasteiger partial charge in [0.2, 0.25) is 0 Å². The van der Waals surface area contributed by atoms with E-state index in [2.05, 4.69) is 41.4 Å². The topological polar surface area (TPSA) is 12.9 Å². The van der Waals surface area contributed by atoms with Crippen molar-refractivity contribution in [1.82, 2.24) is 4.98 Å². The number of fused-ring (bicyclic) bond motifs is 1. The lowest BCUT2D eigenvalue weighted by Gasteiger charge is -2.06. The lowest BCUT2D eigenvalue weighted by atomic mass is 10.0. The van der Waals surface area contributed by atoms with Crippen LogP contribution in [0.3, 0.4) is 0 Å². The van der Waals surface area contributed by atoms with Gasteiger partial charge < -0.3 is 0 Å². The SMILES string of the molecule is C1=CC(c2nccs2)c2ccccc21. The van der Waals surface area contributed by atoms with Gasteiger partial charge in [0.1, 0.15) is 5.01 Å². The molecule has 14 heavy (non-hydrogen) atoms. The van der Waals surface area contributed by atoms with Crippen molar-refractivity contribution in [3.8, 4) is 0 Å². The van der Waals surface area contributed by atoms with E-state index in [1.54, 1.807) is 11.3 Å². The summed E-state index contributed by atoms with van der Waals surface area (Å²) in [6.45, 7) is 0. The highest BCUT2D eigenvalue weighted by molar-refractivity contribution is 7.09. The van der Waals surface area contributed by atoms with E-state index in [-0.39, 0.29) is 0 Å². The fourth-order valence-electron chi connectivity index (χ4n) is 1.85. The number of allylic oxidation sites excluding steroid dienone is 1. The zero-order chi connectivity index (χ0) is 9.38. The Morgan fingerprint density at radius 3 is 3.00 bits per heavy atom. The fourth-order valence-corrected chi connectivity index (χ4v) is 2.59. The molecule has 3 rings (SSSR count). The second kappa shape index (κ2) is 3.07. The first-order chi connectivity index (χ1) is 6.95. The van der Waals surface area contributed by atoms with Crippen LogP contribution in [0, 0.1) is 0 Å². The van der Waals surface area contributed by atoms with Crippen molar-refractivity contribution in [2.75, 3.05) is 0 Å². The third-order valence-corrected chi connectivity index (χ3v) is 3.38. The number of nitrogens with zero attached hydrogens (tertiary/aromatic N) is 1. The quantitative estimate of drug-likeness (QED) is 0.686. The van der Waals surface area contributed by atoms with Crippen LogP contribution in [0.2, 0.25) is 0 Å². The van der Waals surface area contributed by atoms with Crippen LogP contribution < -0.4 is 0 Å². The number of hydrogen-bond acceptors (Lipinski definition) is 2. The highest BCUT2D eigenvalue weighted by Gasteiger charge is 2.19. The Morgan fingerprint density at radius 1 is 1.21 bits per heavy atom. The van der Waals surface area contributed by atoms with Crippen LogP contribution >= 0.6 is 11.3 Å². The van der Waals surface area contributed by atoms with Gasteiger partial charge in [0.25, 0.3) is 0 Å². The average molecular weight is 199 g/mol. The molecule has 1 atom stereocenters. The van der Waals surface area contributed by atoms with Gasteiger partial charge in [-0.2, -0.15) is 0 Å². The van der Waals surface area contributed by atoms with Crippen LogP contribution in [0.15, 0.2) is 41.9 Å². The van der Waals surface area contributed by atoms with Gasteiger partial charge in [-0.15, -0.1) is 11.3 Å². The maximum absolute atomic E-state index is 4.36. The zero-order valence-electron chi connectivity index (χ0n) is 7.55. The Balaban J connectivity index is 2.11. The summed E-state index contributed by atoms with van der Waals surface area (Å²) in [7, 11) is 0. The first-order valence-electron chi connectivity index (χ1n) is 4.62. The number of rotatable bonds is 1. The molecule has 1 aliphatic rings. The lowest BCUT2D eigenvalue weighted by Crippen LogP contribution is -1.93. The molecule has 0 N–H and O–H groups in total. The first-order valence-corrected chi connectivity index (χ1v) is 5.49. The number of thiazole rings is 1. The van der Waals surface area contributed by atoms with E-state index in [0.717, 1.165) is 0 Å². The smallest absolute Gasteiger partial charge is 0.104 e. The molecule has 1 heterocycles. The van der Waals surface area contributed by atoms with E-state index >= 15 is 0 Å². The monoisotopic (exact) mass is 199 g/mol. The van der Waals surface area contributed by atoms with Gasteiger partial charge in [-0.05, 0) is 11.1 Å². The van der Waals surface area contributed by atoms with Gasteiger partial charge in [0.15, 0.2) is 0 Å². The normalized spacial score (nSPS) is 18.4. The van der Waals surface area contributed by atoms with Gasteiger partial charge in [-0.1, -0.05) is 36.4 Å². The molecule has 68 valence electrons. The predicted molar refractivity (Wildman–Crippen MR) is 59.4 cm³/mol. The van der Waals surface area contributed by atoms with Crippen LogP contribution in [0.1, 0.15) is 22.1 Å². The Kier molecular flexibility index (Phi) is 1.74. The van der Waals surface area contributed by atoms with Crippen molar-refractivity contribution in [1.29, 1.82) is 0 Å². The minimum atomic E-state index is 0.381. The molecular formula is C12H9NS. The molecule has 1 aromatic heterocycles. The first kappa shape index (κ1) is 7.94. The molecule has 0 saturated heterocycles. The van der Waals surface area contributed by atoms with Gasteiger partial charge in [-0.3, -0.25) is 0 Å². The summed E-state index contributed by atoms with van der Waals surface area (Å²) in [5.41, 5.74) is 2.70.